The topological polar surface area (TPSA) is 99.2 Å². The van der Waals surface area contributed by atoms with Crippen LogP contribution in [0.5, 0.6) is 5.75 Å². The quantitative estimate of drug-likeness (QED) is 0.468. The van der Waals surface area contributed by atoms with Gasteiger partial charge in [-0.25, -0.2) is 0 Å². The minimum atomic E-state index is -0.358. The van der Waals surface area contributed by atoms with E-state index in [2.05, 4.69) is 15.5 Å². The molecule has 2 aromatic carbocycles. The average Bonchev–Trinajstić information content (AvgIpc) is 3.30. The maximum atomic E-state index is 13.3. The standard InChI is InChI=1S/C25H24N4O4/c1-16-13-17(2)29(15-21(30)26-14-19-11-7-8-12-20(19)32-3)25(31)22(16)24-27-23(28-33-24)18-9-5-4-6-10-18/h4-13H,14-15H2,1-3H3,(H,26,30). The van der Waals surface area contributed by atoms with Gasteiger partial charge in [0.15, 0.2) is 0 Å². The molecule has 0 aliphatic rings. The molecule has 8 nitrogen and oxygen atoms in total. The molecular formula is C25H24N4O4. The minimum Gasteiger partial charge on any atom is -0.496 e. The van der Waals surface area contributed by atoms with Crippen molar-refractivity contribution < 1.29 is 14.1 Å². The lowest BCUT2D eigenvalue weighted by atomic mass is 10.1. The van der Waals surface area contributed by atoms with Crippen molar-refractivity contribution in [3.05, 3.63) is 87.8 Å². The minimum absolute atomic E-state index is 0.125. The SMILES string of the molecule is COc1ccccc1CNC(=O)Cn1c(C)cc(C)c(-c2nc(-c3ccccc3)no2)c1=O. The van der Waals surface area contributed by atoms with Crippen molar-refractivity contribution in [2.75, 3.05) is 7.11 Å². The van der Waals surface area contributed by atoms with E-state index in [1.54, 1.807) is 14.0 Å². The highest BCUT2D eigenvalue weighted by molar-refractivity contribution is 5.76. The molecule has 0 bridgehead atoms. The summed E-state index contributed by atoms with van der Waals surface area (Å²) >= 11 is 0. The van der Waals surface area contributed by atoms with Gasteiger partial charge < -0.3 is 19.1 Å². The first-order chi connectivity index (χ1) is 16.0. The van der Waals surface area contributed by atoms with E-state index in [1.165, 1.54) is 4.57 Å². The van der Waals surface area contributed by atoms with Crippen molar-refractivity contribution in [1.82, 2.24) is 20.0 Å². The van der Waals surface area contributed by atoms with E-state index in [1.807, 2.05) is 67.6 Å². The summed E-state index contributed by atoms with van der Waals surface area (Å²) in [5.74, 6) is 0.913. The van der Waals surface area contributed by atoms with Gasteiger partial charge >= 0.3 is 0 Å². The molecule has 8 heteroatoms. The number of rotatable bonds is 7. The van der Waals surface area contributed by atoms with Crippen LogP contribution in [-0.4, -0.2) is 27.7 Å². The van der Waals surface area contributed by atoms with Crippen molar-refractivity contribution in [3.63, 3.8) is 0 Å². The number of ether oxygens (including phenoxy) is 1. The Morgan fingerprint density at radius 1 is 1.09 bits per heavy atom. The van der Waals surface area contributed by atoms with Crippen LogP contribution in [0.25, 0.3) is 22.8 Å². The summed E-state index contributed by atoms with van der Waals surface area (Å²) in [6, 6.07) is 18.6. The first-order valence-electron chi connectivity index (χ1n) is 10.5. The Morgan fingerprint density at radius 2 is 1.82 bits per heavy atom. The fraction of sp³-hybridized carbons (Fsp3) is 0.200. The molecule has 2 aromatic heterocycles. The van der Waals surface area contributed by atoms with Gasteiger partial charge in [0.25, 0.3) is 11.4 Å². The highest BCUT2D eigenvalue weighted by Gasteiger charge is 2.20. The molecule has 4 aromatic rings. The first kappa shape index (κ1) is 22.0. The Balaban J connectivity index is 1.58. The van der Waals surface area contributed by atoms with Gasteiger partial charge in [-0.1, -0.05) is 53.7 Å². The van der Waals surface area contributed by atoms with Crippen LogP contribution in [0, 0.1) is 13.8 Å². The van der Waals surface area contributed by atoms with Crippen LogP contribution in [0.1, 0.15) is 16.8 Å². The van der Waals surface area contributed by atoms with E-state index in [-0.39, 0.29) is 29.5 Å². The number of amides is 1. The van der Waals surface area contributed by atoms with E-state index >= 15 is 0 Å². The van der Waals surface area contributed by atoms with Crippen molar-refractivity contribution >= 4 is 5.91 Å². The number of hydrogen-bond donors (Lipinski definition) is 1. The smallest absolute Gasteiger partial charge is 0.264 e. The number of nitrogens with zero attached hydrogens (tertiary/aromatic N) is 3. The van der Waals surface area contributed by atoms with Gasteiger partial charge in [0.2, 0.25) is 11.7 Å². The molecule has 1 amide bonds. The number of hydrogen-bond acceptors (Lipinski definition) is 6. The van der Waals surface area contributed by atoms with Gasteiger partial charge in [0, 0.05) is 23.4 Å². The number of carbonyl (C=O) groups excluding carboxylic acids is 1. The fourth-order valence-electron chi connectivity index (χ4n) is 3.66. The number of methoxy groups -OCH3 is 1. The zero-order chi connectivity index (χ0) is 23.4. The Kier molecular flexibility index (Phi) is 6.35. The van der Waals surface area contributed by atoms with Crippen molar-refractivity contribution in [3.8, 4) is 28.6 Å². The Bertz CT molecular complexity index is 1340. The van der Waals surface area contributed by atoms with Crippen molar-refractivity contribution in [2.24, 2.45) is 0 Å². The highest BCUT2D eigenvalue weighted by atomic mass is 16.5. The van der Waals surface area contributed by atoms with Crippen LogP contribution in [0.2, 0.25) is 0 Å². The zero-order valence-electron chi connectivity index (χ0n) is 18.7. The summed E-state index contributed by atoms with van der Waals surface area (Å²) < 4.78 is 12.1. The molecule has 0 saturated heterocycles. The van der Waals surface area contributed by atoms with Crippen LogP contribution in [0.3, 0.4) is 0 Å². The second kappa shape index (κ2) is 9.52. The summed E-state index contributed by atoms with van der Waals surface area (Å²) in [6.07, 6.45) is 0. The van der Waals surface area contributed by atoms with Gasteiger partial charge in [0.1, 0.15) is 17.9 Å². The van der Waals surface area contributed by atoms with Gasteiger partial charge in [-0.3, -0.25) is 9.59 Å². The highest BCUT2D eigenvalue weighted by Crippen LogP contribution is 2.23. The number of pyridine rings is 1. The molecule has 2 heterocycles. The second-order valence-corrected chi connectivity index (χ2v) is 7.61. The van der Waals surface area contributed by atoms with Gasteiger partial charge in [-0.15, -0.1) is 0 Å². The molecule has 0 fully saturated rings. The largest absolute Gasteiger partial charge is 0.496 e. The molecule has 0 spiro atoms. The number of nitrogens with one attached hydrogen (secondary N) is 1. The number of benzene rings is 2. The molecule has 168 valence electrons. The molecule has 33 heavy (non-hydrogen) atoms. The van der Waals surface area contributed by atoms with Crippen LogP contribution >= 0.6 is 0 Å². The average molecular weight is 444 g/mol. The Morgan fingerprint density at radius 3 is 2.58 bits per heavy atom. The van der Waals surface area contributed by atoms with E-state index in [4.69, 9.17) is 9.26 Å². The molecule has 0 aliphatic carbocycles. The lowest BCUT2D eigenvalue weighted by Gasteiger charge is -2.14. The first-order valence-corrected chi connectivity index (χ1v) is 10.5. The van der Waals surface area contributed by atoms with Crippen LogP contribution in [0.15, 0.2) is 70.0 Å². The van der Waals surface area contributed by atoms with Gasteiger partial charge in [-0.05, 0) is 31.5 Å². The summed E-state index contributed by atoms with van der Waals surface area (Å²) in [4.78, 5) is 30.4. The Labute approximate surface area is 190 Å². The second-order valence-electron chi connectivity index (χ2n) is 7.61. The van der Waals surface area contributed by atoms with E-state index in [0.717, 1.165) is 11.1 Å². The maximum absolute atomic E-state index is 13.3. The van der Waals surface area contributed by atoms with Gasteiger partial charge in [0.05, 0.1) is 7.11 Å². The predicted molar refractivity (Wildman–Crippen MR) is 124 cm³/mol. The summed E-state index contributed by atoms with van der Waals surface area (Å²) in [6.45, 7) is 3.75. The predicted octanol–water partition coefficient (Wildman–Crippen LogP) is 3.51. The van der Waals surface area contributed by atoms with Crippen LogP contribution < -0.4 is 15.6 Å². The molecule has 0 aliphatic heterocycles. The van der Waals surface area contributed by atoms with Crippen molar-refractivity contribution in [2.45, 2.75) is 26.9 Å². The van der Waals surface area contributed by atoms with E-state index in [9.17, 15) is 9.59 Å². The Hall–Kier alpha value is -4.20. The molecule has 0 radical (unpaired) electrons. The molecule has 0 atom stereocenters. The number of carbonyl (C=O) groups is 1. The zero-order valence-corrected chi connectivity index (χ0v) is 18.7. The lowest BCUT2D eigenvalue weighted by molar-refractivity contribution is -0.121. The third-order valence-corrected chi connectivity index (χ3v) is 5.35. The molecule has 1 N–H and O–H groups in total. The maximum Gasteiger partial charge on any atom is 0.264 e. The summed E-state index contributed by atoms with van der Waals surface area (Å²) in [7, 11) is 1.58. The van der Waals surface area contributed by atoms with E-state index < -0.39 is 0 Å². The number of aromatic nitrogens is 3. The van der Waals surface area contributed by atoms with E-state index in [0.29, 0.717) is 29.4 Å². The van der Waals surface area contributed by atoms with Crippen LogP contribution in [-0.2, 0) is 17.9 Å². The molecule has 4 rings (SSSR count). The molecular weight excluding hydrogens is 420 g/mol. The third kappa shape index (κ3) is 4.69. The number of para-hydroxylation sites is 1. The summed E-state index contributed by atoms with van der Waals surface area (Å²) in [5.41, 5.74) is 2.92. The van der Waals surface area contributed by atoms with Crippen LogP contribution in [0.4, 0.5) is 0 Å². The fourth-order valence-corrected chi connectivity index (χ4v) is 3.66. The number of aryl methyl sites for hydroxylation is 2. The molecule has 0 saturated carbocycles. The monoisotopic (exact) mass is 444 g/mol. The van der Waals surface area contributed by atoms with Crippen molar-refractivity contribution in [1.29, 1.82) is 0 Å². The molecule has 0 unspecified atom stereocenters. The normalized spacial score (nSPS) is 10.8. The lowest BCUT2D eigenvalue weighted by Crippen LogP contribution is -2.34. The van der Waals surface area contributed by atoms with Gasteiger partial charge in [-0.2, -0.15) is 4.98 Å². The third-order valence-electron chi connectivity index (χ3n) is 5.35. The summed E-state index contributed by atoms with van der Waals surface area (Å²) in [5, 5.41) is 6.86.